The van der Waals surface area contributed by atoms with Crippen molar-refractivity contribution in [1.82, 2.24) is 4.98 Å². The maximum absolute atomic E-state index is 12.3. The number of carbonyl (C=O) groups is 1. The van der Waals surface area contributed by atoms with Crippen LogP contribution in [0, 0.1) is 0 Å². The summed E-state index contributed by atoms with van der Waals surface area (Å²) in [6.45, 7) is 0. The molecule has 0 aliphatic heterocycles. The minimum atomic E-state index is -2.85. The highest BCUT2D eigenvalue weighted by molar-refractivity contribution is 9.10. The fourth-order valence-electron chi connectivity index (χ4n) is 0.809. The van der Waals surface area contributed by atoms with Gasteiger partial charge in [0.2, 0.25) is 0 Å². The number of rotatable bonds is 2. The number of aldehydes is 1. The number of alkyl halides is 2. The summed E-state index contributed by atoms with van der Waals surface area (Å²) in [6, 6.07) is 0. The topological polar surface area (TPSA) is 50.2 Å². The van der Waals surface area contributed by atoms with Gasteiger partial charge in [-0.15, -0.1) is 0 Å². The Kier molecular flexibility index (Phi) is 2.92. The van der Waals surface area contributed by atoms with Crippen molar-refractivity contribution < 1.29 is 18.7 Å². The molecule has 70 valence electrons. The fraction of sp³-hybridized carbons (Fsp3) is 0.143. The average molecular weight is 252 g/mol. The summed E-state index contributed by atoms with van der Waals surface area (Å²) in [5.41, 5.74) is -0.963. The Morgan fingerprint density at radius 1 is 1.62 bits per heavy atom. The minimum absolute atomic E-state index is 0.195. The van der Waals surface area contributed by atoms with Crippen molar-refractivity contribution in [2.24, 2.45) is 0 Å². The van der Waals surface area contributed by atoms with E-state index in [4.69, 9.17) is 5.11 Å². The van der Waals surface area contributed by atoms with Gasteiger partial charge in [-0.2, -0.15) is 0 Å². The molecule has 1 aromatic rings. The molecule has 0 radical (unpaired) electrons. The molecule has 0 aliphatic carbocycles. The van der Waals surface area contributed by atoms with Gasteiger partial charge in [0.05, 0.1) is 16.2 Å². The van der Waals surface area contributed by atoms with E-state index in [0.29, 0.717) is 0 Å². The molecule has 0 saturated heterocycles. The lowest BCUT2D eigenvalue weighted by Crippen LogP contribution is -1.98. The number of pyridine rings is 1. The molecule has 1 aromatic heterocycles. The maximum Gasteiger partial charge on any atom is 0.267 e. The van der Waals surface area contributed by atoms with Gasteiger partial charge < -0.3 is 5.11 Å². The van der Waals surface area contributed by atoms with E-state index < -0.39 is 17.7 Å². The average Bonchev–Trinajstić information content (AvgIpc) is 2.08. The highest BCUT2D eigenvalue weighted by Gasteiger charge is 2.20. The molecule has 13 heavy (non-hydrogen) atoms. The Bertz CT molecular complexity index is 344. The minimum Gasteiger partial charge on any atom is -0.505 e. The zero-order valence-corrected chi connectivity index (χ0v) is 7.75. The Balaban J connectivity index is 3.41. The van der Waals surface area contributed by atoms with Gasteiger partial charge in [0, 0.05) is 0 Å². The highest BCUT2D eigenvalue weighted by Crippen LogP contribution is 2.34. The first-order chi connectivity index (χ1) is 6.07. The molecule has 3 nitrogen and oxygen atoms in total. The molecule has 0 bridgehead atoms. The number of nitrogens with zero attached hydrogens (tertiary/aromatic N) is 1. The molecular weight excluding hydrogens is 248 g/mol. The van der Waals surface area contributed by atoms with Crippen LogP contribution in [0.2, 0.25) is 0 Å². The second-order valence-electron chi connectivity index (χ2n) is 2.17. The Hall–Kier alpha value is -1.04. The van der Waals surface area contributed by atoms with Crippen LogP contribution in [0.4, 0.5) is 8.78 Å². The van der Waals surface area contributed by atoms with Gasteiger partial charge in [-0.1, -0.05) is 0 Å². The van der Waals surface area contributed by atoms with Crippen LogP contribution in [-0.4, -0.2) is 16.4 Å². The molecule has 0 aromatic carbocycles. The number of aromatic nitrogens is 1. The molecule has 1 heterocycles. The molecule has 0 unspecified atom stereocenters. The van der Waals surface area contributed by atoms with Gasteiger partial charge in [0.15, 0.2) is 6.29 Å². The molecule has 1 rings (SSSR count). The molecule has 0 fully saturated rings. The first-order valence-electron chi connectivity index (χ1n) is 3.18. The molecule has 0 amide bonds. The van der Waals surface area contributed by atoms with Crippen LogP contribution in [0.1, 0.15) is 22.5 Å². The van der Waals surface area contributed by atoms with Gasteiger partial charge in [-0.3, -0.25) is 4.79 Å². The molecule has 0 spiro atoms. The smallest absolute Gasteiger partial charge is 0.267 e. The summed E-state index contributed by atoms with van der Waals surface area (Å²) in [5, 5.41) is 9.01. The van der Waals surface area contributed by atoms with Crippen LogP contribution in [-0.2, 0) is 0 Å². The second kappa shape index (κ2) is 3.78. The van der Waals surface area contributed by atoms with Crippen LogP contribution < -0.4 is 0 Å². The van der Waals surface area contributed by atoms with E-state index in [0.717, 1.165) is 6.20 Å². The molecule has 6 heteroatoms. The van der Waals surface area contributed by atoms with Gasteiger partial charge in [0.1, 0.15) is 11.4 Å². The largest absolute Gasteiger partial charge is 0.505 e. The molecule has 0 aliphatic rings. The van der Waals surface area contributed by atoms with Crippen molar-refractivity contribution in [3.63, 3.8) is 0 Å². The standard InChI is InChI=1S/C7H4BrF2NO2/c8-6-4(13)1-11-3(2-12)5(6)7(9)10/h1-2,7,13H. The highest BCUT2D eigenvalue weighted by atomic mass is 79.9. The van der Waals surface area contributed by atoms with E-state index in [1.807, 2.05) is 0 Å². The van der Waals surface area contributed by atoms with E-state index in [9.17, 15) is 13.6 Å². The quantitative estimate of drug-likeness (QED) is 0.821. The molecule has 1 N–H and O–H groups in total. The van der Waals surface area contributed by atoms with Crippen LogP contribution in [0.3, 0.4) is 0 Å². The van der Waals surface area contributed by atoms with Crippen molar-refractivity contribution in [3.8, 4) is 5.75 Å². The molecular formula is C7H4BrF2NO2. The fourth-order valence-corrected chi connectivity index (χ4v) is 1.29. The number of aromatic hydroxyl groups is 1. The SMILES string of the molecule is O=Cc1ncc(O)c(Br)c1C(F)F. The number of carbonyl (C=O) groups excluding carboxylic acids is 1. The van der Waals surface area contributed by atoms with Crippen molar-refractivity contribution in [2.75, 3.05) is 0 Å². The van der Waals surface area contributed by atoms with Crippen molar-refractivity contribution in [3.05, 3.63) is 21.9 Å². The summed E-state index contributed by atoms with van der Waals surface area (Å²) in [5.74, 6) is -0.416. The van der Waals surface area contributed by atoms with Gasteiger partial charge in [-0.25, -0.2) is 13.8 Å². The van der Waals surface area contributed by atoms with Crippen molar-refractivity contribution in [1.29, 1.82) is 0 Å². The molecule has 0 atom stereocenters. The molecule has 0 saturated carbocycles. The first-order valence-corrected chi connectivity index (χ1v) is 3.98. The van der Waals surface area contributed by atoms with Crippen molar-refractivity contribution >= 4 is 22.2 Å². The van der Waals surface area contributed by atoms with Crippen LogP contribution in [0.15, 0.2) is 10.7 Å². The second-order valence-corrected chi connectivity index (χ2v) is 2.97. The zero-order chi connectivity index (χ0) is 10.0. The first kappa shape index (κ1) is 10.0. The predicted octanol–water partition coefficient (Wildman–Crippen LogP) is 2.30. The van der Waals surface area contributed by atoms with Crippen LogP contribution >= 0.6 is 15.9 Å². The summed E-state index contributed by atoms with van der Waals surface area (Å²) < 4.78 is 24.4. The summed E-state index contributed by atoms with van der Waals surface area (Å²) in [7, 11) is 0. The van der Waals surface area contributed by atoms with Gasteiger partial charge >= 0.3 is 0 Å². The van der Waals surface area contributed by atoms with E-state index in [1.54, 1.807) is 0 Å². The zero-order valence-electron chi connectivity index (χ0n) is 6.17. The maximum atomic E-state index is 12.3. The summed E-state index contributed by atoms with van der Waals surface area (Å²) in [6.07, 6.45) is -1.71. The number of halogens is 3. The van der Waals surface area contributed by atoms with Gasteiger partial charge in [0.25, 0.3) is 6.43 Å². The Labute approximate surface area is 80.5 Å². The van der Waals surface area contributed by atoms with E-state index in [1.165, 1.54) is 0 Å². The summed E-state index contributed by atoms with van der Waals surface area (Å²) >= 11 is 2.74. The Morgan fingerprint density at radius 2 is 2.23 bits per heavy atom. The third-order valence-electron chi connectivity index (χ3n) is 1.39. The van der Waals surface area contributed by atoms with E-state index >= 15 is 0 Å². The lowest BCUT2D eigenvalue weighted by atomic mass is 10.2. The lowest BCUT2D eigenvalue weighted by molar-refractivity contribution is 0.110. The Morgan fingerprint density at radius 3 is 2.69 bits per heavy atom. The van der Waals surface area contributed by atoms with E-state index in [-0.39, 0.29) is 16.5 Å². The van der Waals surface area contributed by atoms with Gasteiger partial charge in [-0.05, 0) is 15.9 Å². The normalized spacial score (nSPS) is 10.5. The third kappa shape index (κ3) is 1.82. The number of hydrogen-bond acceptors (Lipinski definition) is 3. The summed E-state index contributed by atoms with van der Waals surface area (Å²) in [4.78, 5) is 13.6. The third-order valence-corrected chi connectivity index (χ3v) is 2.23. The van der Waals surface area contributed by atoms with Crippen LogP contribution in [0.5, 0.6) is 5.75 Å². The van der Waals surface area contributed by atoms with Crippen molar-refractivity contribution in [2.45, 2.75) is 6.43 Å². The number of hydrogen-bond donors (Lipinski definition) is 1. The monoisotopic (exact) mass is 251 g/mol. The predicted molar refractivity (Wildman–Crippen MR) is 43.9 cm³/mol. The van der Waals surface area contributed by atoms with Crippen LogP contribution in [0.25, 0.3) is 0 Å². The lowest BCUT2D eigenvalue weighted by Gasteiger charge is -2.06. The van der Waals surface area contributed by atoms with E-state index in [2.05, 4.69) is 20.9 Å².